The first-order chi connectivity index (χ1) is 12.0. The second-order valence-electron chi connectivity index (χ2n) is 5.15. The van der Waals surface area contributed by atoms with E-state index in [4.69, 9.17) is 4.52 Å². The van der Waals surface area contributed by atoms with Gasteiger partial charge in [0.25, 0.3) is 0 Å². The molecule has 26 heavy (non-hydrogen) atoms. The number of halogens is 3. The molecule has 0 saturated heterocycles. The summed E-state index contributed by atoms with van der Waals surface area (Å²) in [6.45, 7) is 6.83. The Kier molecular flexibility index (Phi) is 9.12. The molecule has 0 fully saturated rings. The van der Waals surface area contributed by atoms with Gasteiger partial charge in [-0.15, -0.1) is 0 Å². The molecule has 10 heteroatoms. The maximum Gasteiger partial charge on any atom is 0.524 e. The van der Waals surface area contributed by atoms with Crippen LogP contribution in [0, 0.1) is 0 Å². The lowest BCUT2D eigenvalue weighted by molar-refractivity contribution is -0.115. The van der Waals surface area contributed by atoms with E-state index in [2.05, 4.69) is 60.9 Å². The number of hydrogen-bond donors (Lipinski definition) is 2. The lowest BCUT2D eigenvalue weighted by atomic mass is 9.96. The SMILES string of the molecule is C=CC(=O)CCc1c(Br)c(Br)c(Br)c(OP(=O)(O)O)c1CCC(=O)C=C. The molecule has 0 radical (unpaired) electrons. The topological polar surface area (TPSA) is 101 Å². The second kappa shape index (κ2) is 10.1. The average Bonchev–Trinajstić information content (AvgIpc) is 2.58. The molecule has 2 N–H and O–H groups in total. The molecule has 0 atom stereocenters. The summed E-state index contributed by atoms with van der Waals surface area (Å²) >= 11 is 10.0. The van der Waals surface area contributed by atoms with Gasteiger partial charge >= 0.3 is 7.82 Å². The van der Waals surface area contributed by atoms with Crippen LogP contribution in [-0.2, 0) is 27.0 Å². The standard InChI is InChI=1S/C16H16Br3O6P/c1-3-9(20)5-7-11-12(8-6-10(21)4-2)16(25-26(22,23)24)15(19)14(18)13(11)17/h3-4H,1-2,5-8H2,(H2,22,23,24). The summed E-state index contributed by atoms with van der Waals surface area (Å²) in [5.74, 6) is -0.483. The van der Waals surface area contributed by atoms with Crippen LogP contribution in [0.15, 0.2) is 38.7 Å². The number of carbonyl (C=O) groups excluding carboxylic acids is 2. The van der Waals surface area contributed by atoms with Crippen molar-refractivity contribution >= 4 is 67.2 Å². The van der Waals surface area contributed by atoms with Gasteiger partial charge in [0.1, 0.15) is 5.75 Å². The van der Waals surface area contributed by atoms with Gasteiger partial charge in [0, 0.05) is 27.4 Å². The summed E-state index contributed by atoms with van der Waals surface area (Å²) in [4.78, 5) is 41.7. The number of phosphoric acid groups is 1. The summed E-state index contributed by atoms with van der Waals surface area (Å²) in [7, 11) is -4.85. The Bertz CT molecular complexity index is 800. The first-order valence-electron chi connectivity index (χ1n) is 7.25. The van der Waals surface area contributed by atoms with Crippen molar-refractivity contribution in [1.29, 1.82) is 0 Å². The number of benzene rings is 1. The Hall–Kier alpha value is -0.570. The highest BCUT2D eigenvalue weighted by Crippen LogP contribution is 2.49. The molecule has 0 amide bonds. The van der Waals surface area contributed by atoms with Crippen molar-refractivity contribution in [3.8, 4) is 5.75 Å². The molecular formula is C16H16Br3O6P. The van der Waals surface area contributed by atoms with Crippen molar-refractivity contribution < 1.29 is 28.5 Å². The van der Waals surface area contributed by atoms with Crippen molar-refractivity contribution in [3.05, 3.63) is 49.9 Å². The van der Waals surface area contributed by atoms with E-state index in [0.717, 1.165) is 0 Å². The zero-order valence-corrected chi connectivity index (χ0v) is 19.2. The van der Waals surface area contributed by atoms with Crippen LogP contribution in [0.25, 0.3) is 0 Å². The van der Waals surface area contributed by atoms with Crippen LogP contribution in [0.5, 0.6) is 5.75 Å². The van der Waals surface area contributed by atoms with Gasteiger partial charge in [-0.1, -0.05) is 13.2 Å². The molecule has 0 unspecified atom stereocenters. The van der Waals surface area contributed by atoms with E-state index in [-0.39, 0.29) is 47.5 Å². The van der Waals surface area contributed by atoms with Crippen LogP contribution >= 0.6 is 55.6 Å². The number of hydrogen-bond acceptors (Lipinski definition) is 4. The lowest BCUT2D eigenvalue weighted by Crippen LogP contribution is -2.07. The predicted molar refractivity (Wildman–Crippen MR) is 109 cm³/mol. The molecule has 1 aromatic rings. The molecule has 1 aromatic carbocycles. The molecule has 0 spiro atoms. The molecular weight excluding hydrogens is 559 g/mol. The van der Waals surface area contributed by atoms with Crippen molar-refractivity contribution in [3.63, 3.8) is 0 Å². The fourth-order valence-electron chi connectivity index (χ4n) is 2.17. The van der Waals surface area contributed by atoms with Gasteiger partial charge in [-0.3, -0.25) is 19.4 Å². The summed E-state index contributed by atoms with van der Waals surface area (Å²) in [6.07, 6.45) is 3.02. The highest BCUT2D eigenvalue weighted by molar-refractivity contribution is 9.14. The molecule has 0 heterocycles. The number of phosphoric ester groups is 1. The quantitative estimate of drug-likeness (QED) is 0.236. The van der Waals surface area contributed by atoms with Crippen LogP contribution in [0.3, 0.4) is 0 Å². The minimum atomic E-state index is -4.85. The Morgan fingerprint density at radius 2 is 1.38 bits per heavy atom. The highest BCUT2D eigenvalue weighted by atomic mass is 79.9. The molecule has 142 valence electrons. The predicted octanol–water partition coefficient (Wildman–Crippen LogP) is 4.82. The van der Waals surface area contributed by atoms with Crippen molar-refractivity contribution in [2.75, 3.05) is 0 Å². The molecule has 1 rings (SSSR count). The maximum atomic E-state index is 11.6. The van der Waals surface area contributed by atoms with E-state index in [0.29, 0.717) is 20.1 Å². The van der Waals surface area contributed by atoms with Gasteiger partial charge in [-0.2, -0.15) is 0 Å². The number of ketones is 2. The van der Waals surface area contributed by atoms with Gasteiger partial charge in [-0.25, -0.2) is 4.57 Å². The normalized spacial score (nSPS) is 11.1. The molecule has 0 aromatic heterocycles. The van der Waals surface area contributed by atoms with E-state index >= 15 is 0 Å². The first-order valence-corrected chi connectivity index (χ1v) is 11.2. The number of rotatable bonds is 10. The summed E-state index contributed by atoms with van der Waals surface area (Å²) in [5, 5.41) is 0. The van der Waals surface area contributed by atoms with E-state index in [1.165, 1.54) is 12.2 Å². The third kappa shape index (κ3) is 6.55. The second-order valence-corrected chi connectivity index (χ2v) is 8.69. The third-order valence-corrected chi connectivity index (χ3v) is 7.31. The van der Waals surface area contributed by atoms with Crippen LogP contribution in [0.2, 0.25) is 0 Å². The van der Waals surface area contributed by atoms with Crippen LogP contribution in [0.1, 0.15) is 24.0 Å². The van der Waals surface area contributed by atoms with E-state index < -0.39 is 7.82 Å². The van der Waals surface area contributed by atoms with Crippen LogP contribution in [-0.4, -0.2) is 21.4 Å². The van der Waals surface area contributed by atoms with Gasteiger partial charge in [0.2, 0.25) is 0 Å². The summed E-state index contributed by atoms with van der Waals surface area (Å²) in [6, 6.07) is 0. The molecule has 6 nitrogen and oxygen atoms in total. The monoisotopic (exact) mass is 572 g/mol. The molecule has 0 aliphatic rings. The minimum absolute atomic E-state index is 0.0733. The minimum Gasteiger partial charge on any atom is -0.403 e. The van der Waals surface area contributed by atoms with Crippen LogP contribution in [0.4, 0.5) is 0 Å². The molecule has 0 aliphatic carbocycles. The largest absolute Gasteiger partial charge is 0.524 e. The fraction of sp³-hybridized carbons (Fsp3) is 0.250. The van der Waals surface area contributed by atoms with E-state index in [1.807, 2.05) is 0 Å². The Labute approximate surface area is 176 Å². The smallest absolute Gasteiger partial charge is 0.403 e. The zero-order valence-electron chi connectivity index (χ0n) is 13.5. The van der Waals surface area contributed by atoms with Crippen molar-refractivity contribution in [1.82, 2.24) is 0 Å². The highest BCUT2D eigenvalue weighted by Gasteiger charge is 2.27. The maximum absolute atomic E-state index is 11.6. The van der Waals surface area contributed by atoms with Crippen LogP contribution < -0.4 is 4.52 Å². The lowest BCUT2D eigenvalue weighted by Gasteiger charge is -2.20. The first kappa shape index (κ1) is 23.5. The molecule has 0 bridgehead atoms. The summed E-state index contributed by atoms with van der Waals surface area (Å²) < 4.78 is 17.6. The molecule has 0 saturated carbocycles. The zero-order chi connectivity index (χ0) is 20.1. The van der Waals surface area contributed by atoms with Crippen molar-refractivity contribution in [2.24, 2.45) is 0 Å². The third-order valence-electron chi connectivity index (χ3n) is 3.40. The average molecular weight is 575 g/mol. The Balaban J connectivity index is 3.53. The van der Waals surface area contributed by atoms with Gasteiger partial charge < -0.3 is 4.52 Å². The number of carbonyl (C=O) groups is 2. The van der Waals surface area contributed by atoms with E-state index in [9.17, 15) is 23.9 Å². The van der Waals surface area contributed by atoms with Gasteiger partial charge in [-0.05, 0) is 78.3 Å². The number of allylic oxidation sites excluding steroid dienone is 2. The summed E-state index contributed by atoms with van der Waals surface area (Å²) in [5.41, 5.74) is 1.03. The van der Waals surface area contributed by atoms with Gasteiger partial charge in [0.05, 0.1) is 4.47 Å². The van der Waals surface area contributed by atoms with E-state index in [1.54, 1.807) is 0 Å². The van der Waals surface area contributed by atoms with Crippen molar-refractivity contribution in [2.45, 2.75) is 25.7 Å². The molecule has 0 aliphatic heterocycles. The Morgan fingerprint density at radius 3 is 1.81 bits per heavy atom. The Morgan fingerprint density at radius 1 is 0.923 bits per heavy atom. The fourth-order valence-corrected chi connectivity index (χ4v) is 4.57. The van der Waals surface area contributed by atoms with Gasteiger partial charge in [0.15, 0.2) is 11.6 Å².